The molecule has 20 heavy (non-hydrogen) atoms. The van der Waals surface area contributed by atoms with Crippen molar-refractivity contribution in [1.82, 2.24) is 4.98 Å². The minimum absolute atomic E-state index is 0.0472. The molecule has 102 valence electrons. The first-order valence-corrected chi connectivity index (χ1v) is 6.40. The van der Waals surface area contributed by atoms with Gasteiger partial charge < -0.3 is 20.6 Å². The average Bonchev–Trinajstić information content (AvgIpc) is 2.78. The number of hydrogen-bond donors (Lipinski definition) is 3. The molecule has 0 aliphatic carbocycles. The maximum absolute atomic E-state index is 9.75. The Bertz CT molecular complexity index is 802. The summed E-state index contributed by atoms with van der Waals surface area (Å²) in [4.78, 5) is 4.13. The van der Waals surface area contributed by atoms with E-state index in [4.69, 9.17) is 33.4 Å². The van der Waals surface area contributed by atoms with E-state index in [0.717, 1.165) is 0 Å². The van der Waals surface area contributed by atoms with E-state index in [1.165, 1.54) is 6.07 Å². The number of rotatable bonds is 2. The number of halogens is 2. The lowest BCUT2D eigenvalue weighted by Crippen LogP contribution is -1.91. The van der Waals surface area contributed by atoms with Gasteiger partial charge in [-0.3, -0.25) is 0 Å². The average molecular weight is 310 g/mol. The van der Waals surface area contributed by atoms with Crippen LogP contribution in [0.15, 0.2) is 34.7 Å². The first kappa shape index (κ1) is 12.9. The van der Waals surface area contributed by atoms with Gasteiger partial charge >= 0.3 is 0 Å². The minimum Gasteiger partial charge on any atom is -0.505 e. The summed E-state index contributed by atoms with van der Waals surface area (Å²) in [5.74, 6) is -0.0472. The number of nitrogens with two attached hydrogens (primary N) is 1. The maximum Gasteiger partial charge on any atom is 0.300 e. The monoisotopic (exact) mass is 309 g/mol. The summed E-state index contributed by atoms with van der Waals surface area (Å²) < 4.78 is 5.46. The van der Waals surface area contributed by atoms with Gasteiger partial charge in [-0.1, -0.05) is 29.3 Å². The molecular formula is C13H9Cl2N3O2. The highest BCUT2D eigenvalue weighted by Gasteiger charge is 2.12. The van der Waals surface area contributed by atoms with Crippen LogP contribution in [-0.4, -0.2) is 10.1 Å². The highest BCUT2D eigenvalue weighted by molar-refractivity contribution is 6.43. The third kappa shape index (κ3) is 2.21. The molecule has 4 N–H and O–H groups in total. The van der Waals surface area contributed by atoms with Crippen molar-refractivity contribution in [2.75, 3.05) is 11.1 Å². The molecule has 3 aromatic rings. The fourth-order valence-electron chi connectivity index (χ4n) is 1.80. The first-order chi connectivity index (χ1) is 9.54. The highest BCUT2D eigenvalue weighted by atomic mass is 35.5. The summed E-state index contributed by atoms with van der Waals surface area (Å²) in [5.41, 5.74) is 7.26. The maximum atomic E-state index is 9.75. The number of nitrogen functional groups attached to an aromatic ring is 1. The minimum atomic E-state index is -0.0472. The normalized spacial score (nSPS) is 10.9. The van der Waals surface area contributed by atoms with Crippen LogP contribution in [0.3, 0.4) is 0 Å². The molecule has 0 aliphatic heterocycles. The van der Waals surface area contributed by atoms with Crippen molar-refractivity contribution in [1.29, 1.82) is 0 Å². The quantitative estimate of drug-likeness (QED) is 0.619. The lowest BCUT2D eigenvalue weighted by molar-refractivity contribution is 0.480. The van der Waals surface area contributed by atoms with Crippen molar-refractivity contribution in [3.05, 3.63) is 40.4 Å². The van der Waals surface area contributed by atoms with Crippen LogP contribution in [0.25, 0.3) is 11.1 Å². The van der Waals surface area contributed by atoms with E-state index >= 15 is 0 Å². The molecular weight excluding hydrogens is 301 g/mol. The number of phenols is 1. The Hall–Kier alpha value is -2.11. The van der Waals surface area contributed by atoms with Crippen molar-refractivity contribution in [2.24, 2.45) is 0 Å². The van der Waals surface area contributed by atoms with Crippen LogP contribution in [0.5, 0.6) is 5.75 Å². The Morgan fingerprint density at radius 1 is 1.25 bits per heavy atom. The van der Waals surface area contributed by atoms with E-state index in [1.54, 1.807) is 24.3 Å². The number of hydrogen-bond acceptors (Lipinski definition) is 5. The molecule has 1 heterocycles. The predicted molar refractivity (Wildman–Crippen MR) is 79.8 cm³/mol. The number of fused-ring (bicyclic) bond motifs is 1. The van der Waals surface area contributed by atoms with Crippen molar-refractivity contribution in [3.8, 4) is 5.75 Å². The van der Waals surface area contributed by atoms with Crippen molar-refractivity contribution >= 4 is 51.7 Å². The molecule has 2 aromatic carbocycles. The summed E-state index contributed by atoms with van der Waals surface area (Å²) in [6, 6.07) is 8.32. The third-order valence-electron chi connectivity index (χ3n) is 2.69. The largest absolute Gasteiger partial charge is 0.505 e. The molecule has 0 fully saturated rings. The number of aromatic hydroxyl groups is 1. The SMILES string of the molecule is Nc1cc(O)c2nc(Nc3cccc(Cl)c3Cl)oc2c1. The second-order valence-electron chi connectivity index (χ2n) is 4.13. The molecule has 0 amide bonds. The van der Waals surface area contributed by atoms with Crippen molar-refractivity contribution < 1.29 is 9.52 Å². The van der Waals surface area contributed by atoms with Gasteiger partial charge in [-0.05, 0) is 12.1 Å². The Morgan fingerprint density at radius 3 is 2.85 bits per heavy atom. The number of nitrogens with zero attached hydrogens (tertiary/aromatic N) is 1. The molecule has 0 radical (unpaired) electrons. The molecule has 1 aromatic heterocycles. The van der Waals surface area contributed by atoms with Crippen LogP contribution < -0.4 is 11.1 Å². The van der Waals surface area contributed by atoms with E-state index in [-0.39, 0.29) is 11.8 Å². The second-order valence-corrected chi connectivity index (χ2v) is 4.92. The number of benzene rings is 2. The van der Waals surface area contributed by atoms with E-state index in [2.05, 4.69) is 10.3 Å². The molecule has 0 atom stereocenters. The summed E-state index contributed by atoms with van der Waals surface area (Å²) >= 11 is 12.0. The van der Waals surface area contributed by atoms with E-state index in [9.17, 15) is 5.11 Å². The molecule has 0 aliphatic rings. The van der Waals surface area contributed by atoms with Crippen LogP contribution in [0.4, 0.5) is 17.4 Å². The number of oxazole rings is 1. The molecule has 0 bridgehead atoms. The molecule has 0 unspecified atom stereocenters. The van der Waals surface area contributed by atoms with Crippen LogP contribution in [0.1, 0.15) is 0 Å². The standard InChI is InChI=1S/C13H9Cl2N3O2/c14-7-2-1-3-8(11(7)15)17-13-18-12-9(19)4-6(16)5-10(12)20-13/h1-5,19H,16H2,(H,17,18). The van der Waals surface area contributed by atoms with Crippen molar-refractivity contribution in [3.63, 3.8) is 0 Å². The molecule has 0 saturated carbocycles. The Labute approximate surface area is 123 Å². The van der Waals surface area contributed by atoms with E-state index < -0.39 is 0 Å². The Morgan fingerprint density at radius 2 is 2.05 bits per heavy atom. The highest BCUT2D eigenvalue weighted by Crippen LogP contribution is 2.34. The van der Waals surface area contributed by atoms with Gasteiger partial charge in [0.15, 0.2) is 11.1 Å². The Kier molecular flexibility index (Phi) is 3.08. The van der Waals surface area contributed by atoms with Crippen LogP contribution in [0, 0.1) is 0 Å². The summed E-state index contributed by atoms with van der Waals surface area (Å²) in [6.07, 6.45) is 0. The second kappa shape index (κ2) is 4.77. The van der Waals surface area contributed by atoms with Gasteiger partial charge in [0.1, 0.15) is 5.75 Å². The molecule has 0 saturated heterocycles. The molecule has 3 rings (SSSR count). The van der Waals surface area contributed by atoms with Crippen molar-refractivity contribution in [2.45, 2.75) is 0 Å². The lowest BCUT2D eigenvalue weighted by Gasteiger charge is -2.04. The topological polar surface area (TPSA) is 84.3 Å². The fraction of sp³-hybridized carbons (Fsp3) is 0. The van der Waals surface area contributed by atoms with Crippen LogP contribution in [0.2, 0.25) is 10.0 Å². The summed E-state index contributed by atoms with van der Waals surface area (Å²) in [6.45, 7) is 0. The van der Waals surface area contributed by atoms with Gasteiger partial charge in [0, 0.05) is 17.8 Å². The molecule has 0 spiro atoms. The number of aromatic nitrogens is 1. The van der Waals surface area contributed by atoms with Gasteiger partial charge in [0.2, 0.25) is 0 Å². The summed E-state index contributed by atoms with van der Waals surface area (Å²) in [7, 11) is 0. The van der Waals surface area contributed by atoms with Gasteiger partial charge in [-0.2, -0.15) is 4.98 Å². The molecule has 7 heteroatoms. The fourth-order valence-corrected chi connectivity index (χ4v) is 2.15. The first-order valence-electron chi connectivity index (χ1n) is 5.64. The lowest BCUT2D eigenvalue weighted by atomic mass is 10.3. The number of phenolic OH excluding ortho intramolecular Hbond substituents is 1. The van der Waals surface area contributed by atoms with Gasteiger partial charge in [-0.25, -0.2) is 0 Å². The van der Waals surface area contributed by atoms with E-state index in [1.807, 2.05) is 0 Å². The zero-order valence-corrected chi connectivity index (χ0v) is 11.5. The van der Waals surface area contributed by atoms with Gasteiger partial charge in [0.25, 0.3) is 6.01 Å². The van der Waals surface area contributed by atoms with Crippen LogP contribution in [-0.2, 0) is 0 Å². The number of nitrogens with one attached hydrogen (secondary N) is 1. The van der Waals surface area contributed by atoms with Gasteiger partial charge in [-0.15, -0.1) is 0 Å². The third-order valence-corrected chi connectivity index (χ3v) is 3.51. The summed E-state index contributed by atoms with van der Waals surface area (Å²) in [5, 5.41) is 13.4. The van der Waals surface area contributed by atoms with Crippen LogP contribution >= 0.6 is 23.2 Å². The van der Waals surface area contributed by atoms with E-state index in [0.29, 0.717) is 32.5 Å². The zero-order chi connectivity index (χ0) is 14.3. The zero-order valence-electron chi connectivity index (χ0n) is 10.0. The predicted octanol–water partition coefficient (Wildman–Crippen LogP) is 4.17. The smallest absolute Gasteiger partial charge is 0.300 e. The Balaban J connectivity index is 2.03. The van der Waals surface area contributed by atoms with Gasteiger partial charge in [0.05, 0.1) is 15.7 Å². The molecule has 5 nitrogen and oxygen atoms in total. The number of anilines is 3.